The van der Waals surface area contributed by atoms with E-state index in [1.165, 1.54) is 12.1 Å². The summed E-state index contributed by atoms with van der Waals surface area (Å²) in [5, 5.41) is 18.9. The molecule has 6 aromatic heterocycles. The zero-order valence-corrected chi connectivity index (χ0v) is 31.9. The van der Waals surface area contributed by atoms with Crippen LogP contribution in [-0.2, 0) is 0 Å². The fraction of sp³-hybridized carbons (Fsp3) is 0. The Morgan fingerprint density at radius 2 is 1.00 bits per heavy atom. The lowest BCUT2D eigenvalue weighted by Gasteiger charge is -2.11. The number of rotatable bonds is 4. The first-order valence-electron chi connectivity index (χ1n) is 17.9. The molecule has 0 aliphatic heterocycles. The van der Waals surface area contributed by atoms with Gasteiger partial charge in [-0.05, 0) is 63.4 Å². The SMILES string of the molecule is O=c1cc[nH]c2nc(-c3ccccc3)c(-c3ccc4nccnc4c3)cc12.O=c1cc[nH]c2nc(-c3ccccc3)c(Br)cc12.OB(O)c1ccc2nccnc2c1. The van der Waals surface area contributed by atoms with Crippen molar-refractivity contribution in [2.45, 2.75) is 0 Å². The average Bonchev–Trinajstić information content (AvgIpc) is 3.27. The Morgan fingerprint density at radius 3 is 1.59 bits per heavy atom. The first kappa shape index (κ1) is 37.7. The Kier molecular flexibility index (Phi) is 10.9. The second-order valence-electron chi connectivity index (χ2n) is 12.8. The van der Waals surface area contributed by atoms with Crippen molar-refractivity contribution in [2.75, 3.05) is 0 Å². The van der Waals surface area contributed by atoms with Crippen LogP contribution in [0.5, 0.6) is 0 Å². The van der Waals surface area contributed by atoms with Gasteiger partial charge in [0.25, 0.3) is 0 Å². The first-order valence-corrected chi connectivity index (χ1v) is 18.7. The van der Waals surface area contributed by atoms with Gasteiger partial charge in [-0.25, -0.2) is 9.97 Å². The van der Waals surface area contributed by atoms with Crippen molar-refractivity contribution >= 4 is 72.6 Å². The van der Waals surface area contributed by atoms with Crippen LogP contribution in [0.2, 0.25) is 0 Å². The van der Waals surface area contributed by atoms with Gasteiger partial charge in [-0.1, -0.05) is 72.8 Å². The molecule has 0 saturated heterocycles. The minimum Gasteiger partial charge on any atom is -0.423 e. The van der Waals surface area contributed by atoms with E-state index in [0.717, 1.165) is 54.7 Å². The molecule has 280 valence electrons. The molecule has 0 fully saturated rings. The second-order valence-corrected chi connectivity index (χ2v) is 13.7. The Hall–Kier alpha value is -7.26. The lowest BCUT2D eigenvalue weighted by atomic mass is 9.80. The number of H-pyrrole nitrogens is 2. The molecule has 10 rings (SSSR count). The molecule has 0 bridgehead atoms. The molecular weight excluding hydrogens is 795 g/mol. The molecule has 14 heteroatoms. The number of aromatic nitrogens is 8. The summed E-state index contributed by atoms with van der Waals surface area (Å²) in [6, 6.07) is 37.4. The van der Waals surface area contributed by atoms with Gasteiger partial charge in [-0.2, -0.15) is 0 Å². The van der Waals surface area contributed by atoms with Crippen molar-refractivity contribution in [1.82, 2.24) is 39.9 Å². The fourth-order valence-corrected chi connectivity index (χ4v) is 6.82. The van der Waals surface area contributed by atoms with E-state index in [-0.39, 0.29) is 10.9 Å². The normalized spacial score (nSPS) is 10.8. The number of halogens is 1. The number of nitrogens with one attached hydrogen (secondary N) is 2. The number of hydrogen-bond acceptors (Lipinski definition) is 10. The standard InChI is InChI=1S/C22H14N4O.C14H9BrN2O.C8H7BN2O2/c27-20-8-9-25-22-17(20)13-16(21(26-22)14-4-2-1-3-5-14)15-6-7-18-19(12-15)24-11-10-23-18;15-11-8-10-12(18)6-7-16-14(10)17-13(11)9-4-2-1-3-5-9;12-9(13)6-1-2-7-8(5-6)11-4-3-10-7/h1-13H,(H,25,26,27);1-8H,(H,16,17,18);1-5,12-13H. The quantitative estimate of drug-likeness (QED) is 0.137. The Bertz CT molecular complexity index is 3190. The smallest absolute Gasteiger partial charge is 0.423 e. The summed E-state index contributed by atoms with van der Waals surface area (Å²) >= 11 is 3.47. The van der Waals surface area contributed by atoms with E-state index in [9.17, 15) is 9.59 Å². The largest absolute Gasteiger partial charge is 0.488 e. The molecule has 6 heterocycles. The zero-order chi connectivity index (χ0) is 40.0. The zero-order valence-electron chi connectivity index (χ0n) is 30.4. The third-order valence-corrected chi connectivity index (χ3v) is 9.71. The lowest BCUT2D eigenvalue weighted by Crippen LogP contribution is -2.29. The van der Waals surface area contributed by atoms with E-state index in [1.807, 2.05) is 91.0 Å². The van der Waals surface area contributed by atoms with Gasteiger partial charge >= 0.3 is 7.12 Å². The summed E-state index contributed by atoms with van der Waals surface area (Å²) < 4.78 is 0.818. The molecule has 0 spiro atoms. The maximum absolute atomic E-state index is 12.3. The molecule has 0 radical (unpaired) electrons. The third-order valence-electron chi connectivity index (χ3n) is 9.11. The van der Waals surface area contributed by atoms with E-state index >= 15 is 0 Å². The summed E-state index contributed by atoms with van der Waals surface area (Å²) in [5.74, 6) is 0. The van der Waals surface area contributed by atoms with Crippen LogP contribution in [0.3, 0.4) is 0 Å². The Morgan fingerprint density at radius 1 is 0.500 bits per heavy atom. The van der Waals surface area contributed by atoms with Gasteiger partial charge in [0.2, 0.25) is 0 Å². The highest BCUT2D eigenvalue weighted by molar-refractivity contribution is 9.10. The number of hydrogen-bond donors (Lipinski definition) is 4. The molecule has 58 heavy (non-hydrogen) atoms. The number of fused-ring (bicyclic) bond motifs is 4. The van der Waals surface area contributed by atoms with Crippen LogP contribution in [0.1, 0.15) is 0 Å². The highest BCUT2D eigenvalue weighted by Gasteiger charge is 2.14. The Labute approximate surface area is 338 Å². The van der Waals surface area contributed by atoms with E-state index in [1.54, 1.807) is 55.4 Å². The van der Waals surface area contributed by atoms with Crippen LogP contribution in [0, 0.1) is 0 Å². The molecule has 0 saturated carbocycles. The predicted octanol–water partition coefficient (Wildman–Crippen LogP) is 6.86. The highest BCUT2D eigenvalue weighted by atomic mass is 79.9. The summed E-state index contributed by atoms with van der Waals surface area (Å²) in [6.45, 7) is 0. The summed E-state index contributed by atoms with van der Waals surface area (Å²) in [5.41, 5.74) is 10.0. The van der Waals surface area contributed by atoms with E-state index in [2.05, 4.69) is 50.8 Å². The number of benzene rings is 4. The van der Waals surface area contributed by atoms with Crippen molar-refractivity contribution in [3.63, 3.8) is 0 Å². The predicted molar refractivity (Wildman–Crippen MR) is 231 cm³/mol. The lowest BCUT2D eigenvalue weighted by molar-refractivity contribution is 0.426. The monoisotopic (exact) mass is 824 g/mol. The van der Waals surface area contributed by atoms with Crippen molar-refractivity contribution < 1.29 is 10.0 Å². The maximum atomic E-state index is 12.3. The summed E-state index contributed by atoms with van der Waals surface area (Å²) in [4.78, 5) is 56.2. The summed E-state index contributed by atoms with van der Waals surface area (Å²) in [7, 11) is -1.45. The molecule has 4 aromatic carbocycles. The molecule has 12 nitrogen and oxygen atoms in total. The Balaban J connectivity index is 0.000000131. The first-order chi connectivity index (χ1) is 28.3. The van der Waals surface area contributed by atoms with Gasteiger partial charge in [0.15, 0.2) is 10.9 Å². The van der Waals surface area contributed by atoms with Gasteiger partial charge in [0.05, 0.1) is 44.2 Å². The number of aromatic amines is 2. The minimum atomic E-state index is -1.45. The number of pyridine rings is 4. The van der Waals surface area contributed by atoms with Crippen LogP contribution >= 0.6 is 15.9 Å². The highest BCUT2D eigenvalue weighted by Crippen LogP contribution is 2.33. The van der Waals surface area contributed by atoms with Gasteiger partial charge in [0.1, 0.15) is 11.3 Å². The van der Waals surface area contributed by atoms with E-state index in [4.69, 9.17) is 15.0 Å². The molecule has 4 N–H and O–H groups in total. The van der Waals surface area contributed by atoms with Crippen molar-refractivity contribution in [3.05, 3.63) is 183 Å². The average molecular weight is 825 g/mol. The summed E-state index contributed by atoms with van der Waals surface area (Å²) in [6.07, 6.45) is 9.74. The number of nitrogens with zero attached hydrogens (tertiary/aromatic N) is 6. The topological polar surface area (TPSA) is 184 Å². The van der Waals surface area contributed by atoms with Gasteiger partial charge in [-0.15, -0.1) is 0 Å². The molecule has 0 unspecified atom stereocenters. The van der Waals surface area contributed by atoms with E-state index in [0.29, 0.717) is 33.0 Å². The minimum absolute atomic E-state index is 0.0310. The van der Waals surface area contributed by atoms with Crippen LogP contribution in [-0.4, -0.2) is 57.0 Å². The van der Waals surface area contributed by atoms with E-state index < -0.39 is 7.12 Å². The van der Waals surface area contributed by atoms with Gasteiger partial charge < -0.3 is 20.0 Å². The van der Waals surface area contributed by atoms with Crippen molar-refractivity contribution in [3.8, 4) is 33.6 Å². The van der Waals surface area contributed by atoms with Crippen LogP contribution in [0.15, 0.2) is 173 Å². The molecule has 0 atom stereocenters. The van der Waals surface area contributed by atoms with Crippen LogP contribution < -0.4 is 16.3 Å². The molecule has 10 aromatic rings. The molecule has 0 aliphatic carbocycles. The van der Waals surface area contributed by atoms with Crippen LogP contribution in [0.4, 0.5) is 0 Å². The van der Waals surface area contributed by atoms with Crippen LogP contribution in [0.25, 0.3) is 77.8 Å². The maximum Gasteiger partial charge on any atom is 0.488 e. The molecule has 0 amide bonds. The fourth-order valence-electron chi connectivity index (χ4n) is 6.28. The van der Waals surface area contributed by atoms with Gasteiger partial charge in [-0.3, -0.25) is 29.5 Å². The molecular formula is C44H30BBrN8O4. The van der Waals surface area contributed by atoms with Crippen molar-refractivity contribution in [2.24, 2.45) is 0 Å². The molecule has 0 aliphatic rings. The third kappa shape index (κ3) is 8.15. The van der Waals surface area contributed by atoms with Crippen molar-refractivity contribution in [1.29, 1.82) is 0 Å². The second kappa shape index (κ2) is 16.9. The van der Waals surface area contributed by atoms with Gasteiger partial charge in [0, 0.05) is 70.5 Å².